The minimum absolute atomic E-state index is 0.101. The summed E-state index contributed by atoms with van der Waals surface area (Å²) in [6, 6.07) is 0. The van der Waals surface area contributed by atoms with Crippen LogP contribution in [0.2, 0.25) is 0 Å². The molecule has 4 atom stereocenters. The highest BCUT2D eigenvalue weighted by Gasteiger charge is 2.60. The number of nitrogens with zero attached hydrogens (tertiary/aromatic N) is 1. The molecule has 0 saturated carbocycles. The average Bonchev–Trinajstić information content (AvgIpc) is 2.87. The molecule has 0 aromatic carbocycles. The number of ether oxygens (including phenoxy) is 1. The monoisotopic (exact) mass is 209 g/mol. The van der Waals surface area contributed by atoms with Gasteiger partial charge in [0.05, 0.1) is 37.2 Å². The first-order valence-corrected chi connectivity index (χ1v) is 5.04. The van der Waals surface area contributed by atoms with Crippen LogP contribution in [0.15, 0.2) is 12.2 Å². The van der Waals surface area contributed by atoms with Crippen molar-refractivity contribution >= 4 is 11.8 Å². The molecular weight excluding hydrogens is 198 g/mol. The molecule has 2 amide bonds. The highest BCUT2D eigenvalue weighted by molar-refractivity contribution is 6.06. The maximum Gasteiger partial charge on any atom is 0.236 e. The second-order valence-electron chi connectivity index (χ2n) is 4.05. The molecule has 0 aliphatic carbocycles. The summed E-state index contributed by atoms with van der Waals surface area (Å²) in [5.74, 6) is -1.09. The van der Waals surface area contributed by atoms with E-state index in [0.29, 0.717) is 0 Å². The zero-order chi connectivity index (χ0) is 10.6. The van der Waals surface area contributed by atoms with E-state index in [2.05, 4.69) is 0 Å². The predicted octanol–water partition coefficient (Wildman–Crippen LogP) is -1.08. The number of imide groups is 1. The molecule has 2 fully saturated rings. The van der Waals surface area contributed by atoms with E-state index in [0.717, 1.165) is 4.90 Å². The molecule has 3 rings (SSSR count). The van der Waals surface area contributed by atoms with Crippen LogP contribution in [0, 0.1) is 11.8 Å². The number of hydrogen-bond acceptors (Lipinski definition) is 4. The van der Waals surface area contributed by atoms with E-state index in [1.165, 1.54) is 0 Å². The fourth-order valence-corrected chi connectivity index (χ4v) is 2.69. The number of fused-ring (bicyclic) bond motifs is 5. The summed E-state index contributed by atoms with van der Waals surface area (Å²) in [5, 5.41) is 8.78. The lowest BCUT2D eigenvalue weighted by Crippen LogP contribution is -2.36. The lowest BCUT2D eigenvalue weighted by molar-refractivity contribution is -0.142. The topological polar surface area (TPSA) is 66.8 Å². The van der Waals surface area contributed by atoms with Gasteiger partial charge >= 0.3 is 0 Å². The van der Waals surface area contributed by atoms with Crippen LogP contribution in [0.25, 0.3) is 0 Å². The minimum Gasteiger partial charge on any atom is -0.395 e. The highest BCUT2D eigenvalue weighted by Crippen LogP contribution is 2.44. The predicted molar refractivity (Wildman–Crippen MR) is 48.6 cm³/mol. The molecule has 2 bridgehead atoms. The Balaban J connectivity index is 1.93. The second kappa shape index (κ2) is 2.90. The van der Waals surface area contributed by atoms with Crippen molar-refractivity contribution in [1.82, 2.24) is 4.90 Å². The van der Waals surface area contributed by atoms with E-state index in [1.807, 2.05) is 12.2 Å². The lowest BCUT2D eigenvalue weighted by Gasteiger charge is -2.15. The maximum atomic E-state index is 11.9. The standard InChI is InChI=1S/C10H11NO4/c12-4-3-11-9(13)7-5-1-2-6(15-5)8(7)10(11)14/h1-2,5-8,12H,3-4H2/t5?,6?,7-,8+. The quantitative estimate of drug-likeness (QED) is 0.464. The lowest BCUT2D eigenvalue weighted by atomic mass is 9.85. The van der Waals surface area contributed by atoms with Gasteiger partial charge in [-0.3, -0.25) is 14.5 Å². The molecule has 0 aromatic heterocycles. The summed E-state index contributed by atoms with van der Waals surface area (Å²) in [4.78, 5) is 24.9. The number of aliphatic hydroxyl groups is 1. The summed E-state index contributed by atoms with van der Waals surface area (Å²) < 4.78 is 5.46. The fourth-order valence-electron chi connectivity index (χ4n) is 2.69. The van der Waals surface area contributed by atoms with E-state index in [1.54, 1.807) is 0 Å². The van der Waals surface area contributed by atoms with Crippen LogP contribution in [0.4, 0.5) is 0 Å². The third-order valence-corrected chi connectivity index (χ3v) is 3.33. The number of aliphatic hydroxyl groups excluding tert-OH is 1. The maximum absolute atomic E-state index is 11.9. The molecule has 5 nitrogen and oxygen atoms in total. The van der Waals surface area contributed by atoms with Gasteiger partial charge in [0.25, 0.3) is 0 Å². The zero-order valence-corrected chi connectivity index (χ0v) is 8.00. The Morgan fingerprint density at radius 2 is 1.73 bits per heavy atom. The van der Waals surface area contributed by atoms with Crippen molar-refractivity contribution in [2.24, 2.45) is 11.8 Å². The first-order valence-electron chi connectivity index (χ1n) is 5.04. The summed E-state index contributed by atoms with van der Waals surface area (Å²) in [6.45, 7) is -0.0787. The molecule has 3 heterocycles. The number of amides is 2. The number of rotatable bonds is 2. The van der Waals surface area contributed by atoms with E-state index in [9.17, 15) is 9.59 Å². The van der Waals surface area contributed by atoms with Crippen LogP contribution >= 0.6 is 0 Å². The van der Waals surface area contributed by atoms with Crippen LogP contribution in [0.1, 0.15) is 0 Å². The molecule has 5 heteroatoms. The average molecular weight is 209 g/mol. The number of likely N-dealkylation sites (tertiary alicyclic amines) is 1. The van der Waals surface area contributed by atoms with Gasteiger partial charge in [0, 0.05) is 0 Å². The molecule has 15 heavy (non-hydrogen) atoms. The molecule has 2 unspecified atom stereocenters. The van der Waals surface area contributed by atoms with Gasteiger partial charge in [-0.25, -0.2) is 0 Å². The first kappa shape index (κ1) is 9.06. The van der Waals surface area contributed by atoms with E-state index in [4.69, 9.17) is 9.84 Å². The Morgan fingerprint density at radius 3 is 2.20 bits per heavy atom. The summed E-state index contributed by atoms with van der Waals surface area (Å²) in [6.07, 6.45) is 3.22. The van der Waals surface area contributed by atoms with Crippen LogP contribution in [-0.2, 0) is 14.3 Å². The summed E-state index contributed by atoms with van der Waals surface area (Å²) in [7, 11) is 0. The number of β-amino-alcohol motifs (C(OH)–C–C–N with tert-alkyl or cyclic N) is 1. The highest BCUT2D eigenvalue weighted by atomic mass is 16.5. The van der Waals surface area contributed by atoms with Gasteiger partial charge in [-0.1, -0.05) is 12.2 Å². The van der Waals surface area contributed by atoms with Gasteiger partial charge in [0.15, 0.2) is 0 Å². The van der Waals surface area contributed by atoms with Crippen molar-refractivity contribution in [3.8, 4) is 0 Å². The number of carbonyl (C=O) groups excluding carboxylic acids is 2. The van der Waals surface area contributed by atoms with Crippen molar-refractivity contribution in [3.63, 3.8) is 0 Å². The molecule has 3 aliphatic rings. The zero-order valence-electron chi connectivity index (χ0n) is 8.00. The van der Waals surface area contributed by atoms with Crippen LogP contribution in [-0.4, -0.2) is 47.2 Å². The molecular formula is C10H11NO4. The Labute approximate surface area is 86.3 Å². The molecule has 0 aromatic rings. The Morgan fingerprint density at radius 1 is 1.20 bits per heavy atom. The van der Waals surface area contributed by atoms with E-state index >= 15 is 0 Å². The Hall–Kier alpha value is -1.20. The molecule has 3 aliphatic heterocycles. The Bertz CT molecular complexity index is 334. The minimum atomic E-state index is -0.348. The van der Waals surface area contributed by atoms with Crippen LogP contribution in [0.5, 0.6) is 0 Å². The van der Waals surface area contributed by atoms with E-state index in [-0.39, 0.29) is 49.0 Å². The van der Waals surface area contributed by atoms with Crippen molar-refractivity contribution in [1.29, 1.82) is 0 Å². The third kappa shape index (κ3) is 0.992. The Kier molecular flexibility index (Phi) is 1.75. The van der Waals surface area contributed by atoms with Gasteiger partial charge in [0.1, 0.15) is 0 Å². The normalized spacial score (nSPS) is 41.8. The van der Waals surface area contributed by atoms with Gasteiger partial charge in [-0.2, -0.15) is 0 Å². The van der Waals surface area contributed by atoms with Crippen LogP contribution in [0.3, 0.4) is 0 Å². The van der Waals surface area contributed by atoms with Gasteiger partial charge in [0.2, 0.25) is 11.8 Å². The summed E-state index contributed by atoms with van der Waals surface area (Å²) >= 11 is 0. The van der Waals surface area contributed by atoms with Crippen molar-refractivity contribution < 1.29 is 19.4 Å². The van der Waals surface area contributed by atoms with Crippen LogP contribution < -0.4 is 0 Å². The fraction of sp³-hybridized carbons (Fsp3) is 0.600. The molecule has 80 valence electrons. The second-order valence-corrected chi connectivity index (χ2v) is 4.05. The van der Waals surface area contributed by atoms with Gasteiger partial charge < -0.3 is 9.84 Å². The number of hydrogen-bond donors (Lipinski definition) is 1. The van der Waals surface area contributed by atoms with Crippen molar-refractivity contribution in [2.45, 2.75) is 12.2 Å². The SMILES string of the molecule is O=C1[C@@H]2C3C=CC(O3)[C@@H]2C(=O)N1CCO. The molecule has 1 N–H and O–H groups in total. The van der Waals surface area contributed by atoms with E-state index < -0.39 is 0 Å². The summed E-state index contributed by atoms with van der Waals surface area (Å²) in [5.41, 5.74) is 0. The molecule has 0 radical (unpaired) electrons. The molecule has 2 saturated heterocycles. The van der Waals surface area contributed by atoms with Crippen molar-refractivity contribution in [3.05, 3.63) is 12.2 Å². The largest absolute Gasteiger partial charge is 0.395 e. The smallest absolute Gasteiger partial charge is 0.236 e. The van der Waals surface area contributed by atoms with Crippen molar-refractivity contribution in [2.75, 3.05) is 13.2 Å². The third-order valence-electron chi connectivity index (χ3n) is 3.33. The molecule has 0 spiro atoms. The van der Waals surface area contributed by atoms with Gasteiger partial charge in [-0.15, -0.1) is 0 Å². The van der Waals surface area contributed by atoms with Gasteiger partial charge in [-0.05, 0) is 0 Å². The first-order chi connectivity index (χ1) is 7.24. The number of carbonyl (C=O) groups is 2.